The number of amides is 1. The van der Waals surface area contributed by atoms with Crippen molar-refractivity contribution in [1.82, 2.24) is 14.9 Å². The zero-order valence-electron chi connectivity index (χ0n) is 15.5. The second-order valence-electron chi connectivity index (χ2n) is 7.35. The lowest BCUT2D eigenvalue weighted by Gasteiger charge is -2.36. The maximum Gasteiger partial charge on any atom is 0.255 e. The summed E-state index contributed by atoms with van der Waals surface area (Å²) < 4.78 is 0. The van der Waals surface area contributed by atoms with E-state index in [1.807, 2.05) is 28.4 Å². The third-order valence-corrected chi connectivity index (χ3v) is 7.23. The Bertz CT molecular complexity index is 1040. The van der Waals surface area contributed by atoms with Crippen LogP contribution in [-0.4, -0.2) is 47.0 Å². The van der Waals surface area contributed by atoms with Gasteiger partial charge in [-0.15, -0.1) is 11.3 Å². The van der Waals surface area contributed by atoms with Gasteiger partial charge in [-0.25, -0.2) is 9.97 Å². The molecule has 1 saturated heterocycles. The highest BCUT2D eigenvalue weighted by atomic mass is 35.5. The quantitative estimate of drug-likeness (QED) is 0.633. The fraction of sp³-hybridized carbons (Fsp3) is 0.381. The number of aryl methyl sites for hydroxylation is 2. The highest BCUT2D eigenvalue weighted by Crippen LogP contribution is 2.39. The topological polar surface area (TPSA) is 49.3 Å². The number of carbonyl (C=O) groups excluding carboxylic acids is 1. The van der Waals surface area contributed by atoms with Crippen LogP contribution in [0.2, 0.25) is 5.02 Å². The molecule has 0 spiro atoms. The predicted molar refractivity (Wildman–Crippen MR) is 114 cm³/mol. The summed E-state index contributed by atoms with van der Waals surface area (Å²) in [5, 5.41) is 1.76. The summed E-state index contributed by atoms with van der Waals surface area (Å²) in [6.45, 7) is 2.88. The van der Waals surface area contributed by atoms with Crippen molar-refractivity contribution < 1.29 is 4.79 Å². The molecule has 0 bridgehead atoms. The van der Waals surface area contributed by atoms with Crippen LogP contribution in [0.5, 0.6) is 0 Å². The van der Waals surface area contributed by atoms with Gasteiger partial charge in [-0.1, -0.05) is 23.7 Å². The first kappa shape index (κ1) is 17.9. The van der Waals surface area contributed by atoms with Gasteiger partial charge in [-0.05, 0) is 43.4 Å². The number of nitrogens with zero attached hydrogens (tertiary/aromatic N) is 4. The Morgan fingerprint density at radius 2 is 1.82 bits per heavy atom. The monoisotopic (exact) mass is 412 g/mol. The molecule has 1 aromatic carbocycles. The molecule has 0 radical (unpaired) electrons. The number of carbonyl (C=O) groups is 1. The molecule has 3 heterocycles. The molecule has 2 aromatic heterocycles. The van der Waals surface area contributed by atoms with Gasteiger partial charge >= 0.3 is 0 Å². The summed E-state index contributed by atoms with van der Waals surface area (Å²) in [4.78, 5) is 28.8. The second kappa shape index (κ2) is 7.33. The summed E-state index contributed by atoms with van der Waals surface area (Å²) in [6, 6.07) is 7.26. The minimum absolute atomic E-state index is 0.00555. The Morgan fingerprint density at radius 1 is 1.04 bits per heavy atom. The molecule has 0 atom stereocenters. The Kier molecular flexibility index (Phi) is 4.69. The van der Waals surface area contributed by atoms with E-state index in [4.69, 9.17) is 11.6 Å². The van der Waals surface area contributed by atoms with Crippen molar-refractivity contribution >= 4 is 44.9 Å². The van der Waals surface area contributed by atoms with Gasteiger partial charge in [-0.2, -0.15) is 0 Å². The van der Waals surface area contributed by atoms with Crippen LogP contribution >= 0.6 is 22.9 Å². The van der Waals surface area contributed by atoms with Crippen LogP contribution in [0.3, 0.4) is 0 Å². The van der Waals surface area contributed by atoms with Crippen LogP contribution in [0.4, 0.5) is 5.82 Å². The number of thiophene rings is 1. The molecule has 7 heteroatoms. The van der Waals surface area contributed by atoms with Crippen LogP contribution in [0.15, 0.2) is 30.6 Å². The van der Waals surface area contributed by atoms with E-state index in [0.29, 0.717) is 23.7 Å². The van der Waals surface area contributed by atoms with E-state index < -0.39 is 0 Å². The van der Waals surface area contributed by atoms with E-state index in [-0.39, 0.29) is 5.91 Å². The lowest BCUT2D eigenvalue weighted by molar-refractivity contribution is 0.0747. The highest BCUT2D eigenvalue weighted by molar-refractivity contribution is 7.19. The third kappa shape index (κ3) is 3.05. The van der Waals surface area contributed by atoms with E-state index in [1.54, 1.807) is 18.5 Å². The summed E-state index contributed by atoms with van der Waals surface area (Å²) >= 11 is 8.03. The minimum atomic E-state index is 0.00555. The molecule has 0 unspecified atom stereocenters. The van der Waals surface area contributed by atoms with Crippen molar-refractivity contribution in [3.63, 3.8) is 0 Å². The van der Waals surface area contributed by atoms with Gasteiger partial charge in [0.25, 0.3) is 5.91 Å². The zero-order chi connectivity index (χ0) is 19.1. The van der Waals surface area contributed by atoms with Gasteiger partial charge in [-0.3, -0.25) is 4.79 Å². The van der Waals surface area contributed by atoms with E-state index in [1.165, 1.54) is 28.7 Å². The number of benzene rings is 1. The third-order valence-electron chi connectivity index (χ3n) is 5.70. The smallest absolute Gasteiger partial charge is 0.255 e. The van der Waals surface area contributed by atoms with Gasteiger partial charge in [0.15, 0.2) is 0 Å². The molecule has 28 heavy (non-hydrogen) atoms. The first-order valence-electron chi connectivity index (χ1n) is 9.76. The molecule has 1 amide bonds. The number of hydrogen-bond acceptors (Lipinski definition) is 5. The van der Waals surface area contributed by atoms with Crippen LogP contribution in [0.25, 0.3) is 10.2 Å². The number of fused-ring (bicyclic) bond motifs is 3. The molecule has 1 fully saturated rings. The van der Waals surface area contributed by atoms with E-state index >= 15 is 0 Å². The average molecular weight is 413 g/mol. The number of anilines is 1. The first-order valence-corrected chi connectivity index (χ1v) is 11.0. The molecule has 5 nitrogen and oxygen atoms in total. The summed E-state index contributed by atoms with van der Waals surface area (Å²) in [7, 11) is 0. The van der Waals surface area contributed by atoms with Gasteiger partial charge in [0.05, 0.1) is 16.0 Å². The van der Waals surface area contributed by atoms with E-state index in [2.05, 4.69) is 14.9 Å². The lowest BCUT2D eigenvalue weighted by Crippen LogP contribution is -2.49. The van der Waals surface area contributed by atoms with Crippen LogP contribution in [0, 0.1) is 0 Å². The molecular weight excluding hydrogens is 392 g/mol. The Hall–Kier alpha value is -2.18. The number of halogens is 1. The summed E-state index contributed by atoms with van der Waals surface area (Å²) in [5.74, 6) is 1.04. The number of rotatable bonds is 2. The van der Waals surface area contributed by atoms with Crippen molar-refractivity contribution in [1.29, 1.82) is 0 Å². The van der Waals surface area contributed by atoms with Gasteiger partial charge in [0, 0.05) is 31.1 Å². The average Bonchev–Trinajstić information content (AvgIpc) is 3.12. The van der Waals surface area contributed by atoms with E-state index in [0.717, 1.165) is 36.6 Å². The highest BCUT2D eigenvalue weighted by Gasteiger charge is 2.27. The normalized spacial score (nSPS) is 17.0. The van der Waals surface area contributed by atoms with E-state index in [9.17, 15) is 4.79 Å². The van der Waals surface area contributed by atoms with Crippen LogP contribution < -0.4 is 4.90 Å². The molecule has 5 rings (SSSR count). The predicted octanol–water partition coefficient (Wildman–Crippen LogP) is 4.19. The molecule has 1 aliphatic carbocycles. The van der Waals surface area contributed by atoms with Crippen molar-refractivity contribution in [2.75, 3.05) is 31.1 Å². The van der Waals surface area contributed by atoms with Gasteiger partial charge in [0.2, 0.25) is 0 Å². The maximum atomic E-state index is 12.8. The minimum Gasteiger partial charge on any atom is -0.352 e. The molecular formula is C21H21ClN4OS. The SMILES string of the molecule is O=C(c1ccccc1Cl)N1CCN(c2ncnc3sc4c(c23)CCCC4)CC1. The summed E-state index contributed by atoms with van der Waals surface area (Å²) in [6.07, 6.45) is 6.48. The zero-order valence-corrected chi connectivity index (χ0v) is 17.1. The molecule has 0 N–H and O–H groups in total. The van der Waals surface area contributed by atoms with Crippen molar-refractivity contribution in [2.45, 2.75) is 25.7 Å². The lowest BCUT2D eigenvalue weighted by atomic mass is 9.97. The standard InChI is InChI=1S/C21H21ClN4OS/c22-16-7-3-1-5-14(16)21(27)26-11-9-25(10-12-26)19-18-15-6-2-4-8-17(15)28-20(18)24-13-23-19/h1,3,5,7,13H,2,4,6,8-12H2. The summed E-state index contributed by atoms with van der Waals surface area (Å²) in [5.41, 5.74) is 2.03. The Balaban J connectivity index is 1.38. The molecule has 2 aliphatic rings. The second-order valence-corrected chi connectivity index (χ2v) is 8.84. The fourth-order valence-corrected chi connectivity index (χ4v) is 5.68. The molecule has 0 saturated carbocycles. The van der Waals surface area contributed by atoms with Gasteiger partial charge in [0.1, 0.15) is 17.0 Å². The molecule has 144 valence electrons. The van der Waals surface area contributed by atoms with Crippen LogP contribution in [0.1, 0.15) is 33.6 Å². The Morgan fingerprint density at radius 3 is 2.64 bits per heavy atom. The van der Waals surface area contributed by atoms with Gasteiger partial charge < -0.3 is 9.80 Å². The van der Waals surface area contributed by atoms with Crippen molar-refractivity contribution in [2.24, 2.45) is 0 Å². The maximum absolute atomic E-state index is 12.8. The van der Waals surface area contributed by atoms with Crippen LogP contribution in [-0.2, 0) is 12.8 Å². The first-order chi connectivity index (χ1) is 13.7. The number of piperazine rings is 1. The number of aromatic nitrogens is 2. The Labute approximate surface area is 173 Å². The number of hydrogen-bond donors (Lipinski definition) is 0. The van der Waals surface area contributed by atoms with Crippen molar-refractivity contribution in [3.05, 3.63) is 51.6 Å². The molecule has 3 aromatic rings. The van der Waals surface area contributed by atoms with Crippen molar-refractivity contribution in [3.8, 4) is 0 Å². The molecule has 1 aliphatic heterocycles. The largest absolute Gasteiger partial charge is 0.352 e. The fourth-order valence-electron chi connectivity index (χ4n) is 4.24.